The number of nitrogens with one attached hydrogen (secondary N) is 1. The third-order valence-electron chi connectivity index (χ3n) is 3.08. The number of piperidine rings is 1. The molecule has 2 rings (SSSR count). The van der Waals surface area contributed by atoms with E-state index in [0.29, 0.717) is 5.69 Å². The average Bonchev–Trinajstić information content (AvgIpc) is 2.40. The van der Waals surface area contributed by atoms with Gasteiger partial charge in [-0.2, -0.15) is 5.01 Å². The molecule has 18 heavy (non-hydrogen) atoms. The molecule has 0 bridgehead atoms. The standard InChI is InChI=1S/C12H17N3O3/c1-18-12-8-4-5-9-14(12)13-10-6-2-3-7-11(10)15(16)17/h2-3,6-7,12-13H,4-5,8-9H2,1H3. The number of ether oxygens (including phenoxy) is 1. The van der Waals surface area contributed by atoms with Crippen LogP contribution in [-0.2, 0) is 4.74 Å². The van der Waals surface area contributed by atoms with Crippen LogP contribution in [-0.4, -0.2) is 29.8 Å². The van der Waals surface area contributed by atoms with E-state index < -0.39 is 0 Å². The zero-order chi connectivity index (χ0) is 13.0. The van der Waals surface area contributed by atoms with Crippen molar-refractivity contribution in [3.05, 3.63) is 34.4 Å². The second-order valence-electron chi connectivity index (χ2n) is 4.27. The molecule has 1 atom stereocenters. The van der Waals surface area contributed by atoms with Crippen LogP contribution >= 0.6 is 0 Å². The summed E-state index contributed by atoms with van der Waals surface area (Å²) >= 11 is 0. The summed E-state index contributed by atoms with van der Waals surface area (Å²) in [6.45, 7) is 0.824. The SMILES string of the molecule is COC1CCCCN1Nc1ccccc1[N+](=O)[O-]. The number of rotatable bonds is 4. The van der Waals surface area contributed by atoms with Crippen molar-refractivity contribution in [2.24, 2.45) is 0 Å². The monoisotopic (exact) mass is 251 g/mol. The van der Waals surface area contributed by atoms with Crippen LogP contribution in [0, 0.1) is 10.1 Å². The van der Waals surface area contributed by atoms with Gasteiger partial charge in [0, 0.05) is 19.7 Å². The molecule has 1 fully saturated rings. The Hall–Kier alpha value is -1.66. The van der Waals surface area contributed by atoms with Crippen LogP contribution in [0.4, 0.5) is 11.4 Å². The Bertz CT molecular complexity index is 425. The molecule has 6 heteroatoms. The Morgan fingerprint density at radius 3 is 2.94 bits per heavy atom. The van der Waals surface area contributed by atoms with Gasteiger partial charge in [-0.05, 0) is 25.3 Å². The molecule has 1 aliphatic rings. The van der Waals surface area contributed by atoms with E-state index in [2.05, 4.69) is 5.43 Å². The van der Waals surface area contributed by atoms with Gasteiger partial charge in [-0.15, -0.1) is 0 Å². The van der Waals surface area contributed by atoms with Crippen molar-refractivity contribution in [1.82, 2.24) is 5.01 Å². The molecule has 1 saturated heterocycles. The normalized spacial score (nSPS) is 20.6. The molecule has 1 heterocycles. The van der Waals surface area contributed by atoms with Crippen molar-refractivity contribution in [1.29, 1.82) is 0 Å². The van der Waals surface area contributed by atoms with Gasteiger partial charge < -0.3 is 10.2 Å². The molecule has 1 N–H and O–H groups in total. The van der Waals surface area contributed by atoms with Crippen molar-refractivity contribution >= 4 is 11.4 Å². The predicted molar refractivity (Wildman–Crippen MR) is 68.1 cm³/mol. The molecule has 6 nitrogen and oxygen atoms in total. The fraction of sp³-hybridized carbons (Fsp3) is 0.500. The first-order valence-corrected chi connectivity index (χ1v) is 6.02. The van der Waals surface area contributed by atoms with E-state index in [4.69, 9.17) is 4.74 Å². The maximum Gasteiger partial charge on any atom is 0.293 e. The van der Waals surface area contributed by atoms with Gasteiger partial charge in [-0.1, -0.05) is 12.1 Å². The second kappa shape index (κ2) is 5.79. The Morgan fingerprint density at radius 1 is 1.44 bits per heavy atom. The molecule has 1 aromatic carbocycles. The highest BCUT2D eigenvalue weighted by Crippen LogP contribution is 2.26. The van der Waals surface area contributed by atoms with Gasteiger partial charge in [-0.25, -0.2) is 0 Å². The lowest BCUT2D eigenvalue weighted by atomic mass is 10.1. The molecule has 1 aliphatic heterocycles. The molecule has 1 unspecified atom stereocenters. The van der Waals surface area contributed by atoms with Gasteiger partial charge in [0.1, 0.15) is 11.9 Å². The van der Waals surface area contributed by atoms with Crippen LogP contribution in [0.1, 0.15) is 19.3 Å². The van der Waals surface area contributed by atoms with Crippen molar-refractivity contribution in [2.75, 3.05) is 19.1 Å². The highest BCUT2D eigenvalue weighted by Gasteiger charge is 2.24. The number of para-hydroxylation sites is 2. The molecule has 1 aromatic rings. The Kier molecular flexibility index (Phi) is 4.11. The van der Waals surface area contributed by atoms with Gasteiger partial charge in [0.05, 0.1) is 4.92 Å². The minimum atomic E-state index is -0.381. The highest BCUT2D eigenvalue weighted by atomic mass is 16.6. The molecule has 0 saturated carbocycles. The van der Waals surface area contributed by atoms with Crippen molar-refractivity contribution in [2.45, 2.75) is 25.5 Å². The molecular formula is C12H17N3O3. The van der Waals surface area contributed by atoms with Crippen LogP contribution in [0.3, 0.4) is 0 Å². The first kappa shape index (κ1) is 12.8. The average molecular weight is 251 g/mol. The number of nitro groups is 1. The summed E-state index contributed by atoms with van der Waals surface area (Å²) in [4.78, 5) is 10.5. The Morgan fingerprint density at radius 2 is 2.22 bits per heavy atom. The van der Waals surface area contributed by atoms with Crippen molar-refractivity contribution < 1.29 is 9.66 Å². The number of methoxy groups -OCH3 is 1. The minimum absolute atomic E-state index is 0.0291. The smallest absolute Gasteiger partial charge is 0.293 e. The maximum atomic E-state index is 10.9. The first-order valence-electron chi connectivity index (χ1n) is 6.02. The Balaban J connectivity index is 2.15. The van der Waals surface area contributed by atoms with E-state index >= 15 is 0 Å². The van der Waals surface area contributed by atoms with E-state index in [1.54, 1.807) is 25.3 Å². The second-order valence-corrected chi connectivity index (χ2v) is 4.27. The van der Waals surface area contributed by atoms with E-state index in [9.17, 15) is 10.1 Å². The first-order chi connectivity index (χ1) is 8.72. The van der Waals surface area contributed by atoms with Crippen LogP contribution < -0.4 is 5.43 Å². The van der Waals surface area contributed by atoms with Gasteiger partial charge >= 0.3 is 0 Å². The summed E-state index contributed by atoms with van der Waals surface area (Å²) in [6, 6.07) is 6.64. The summed E-state index contributed by atoms with van der Waals surface area (Å²) in [5, 5.41) is 12.9. The fourth-order valence-corrected chi connectivity index (χ4v) is 2.16. The van der Waals surface area contributed by atoms with E-state index in [-0.39, 0.29) is 16.8 Å². The minimum Gasteiger partial charge on any atom is -0.365 e. The van der Waals surface area contributed by atoms with Gasteiger partial charge in [0.2, 0.25) is 0 Å². The van der Waals surface area contributed by atoms with Gasteiger partial charge in [0.25, 0.3) is 5.69 Å². The highest BCUT2D eigenvalue weighted by molar-refractivity contribution is 5.60. The quantitative estimate of drug-likeness (QED) is 0.657. The molecular weight excluding hydrogens is 234 g/mol. The number of hydrogen-bond acceptors (Lipinski definition) is 5. The summed E-state index contributed by atoms with van der Waals surface area (Å²) in [5.74, 6) is 0. The van der Waals surface area contributed by atoms with E-state index in [1.807, 2.05) is 5.01 Å². The largest absolute Gasteiger partial charge is 0.365 e. The van der Waals surface area contributed by atoms with E-state index in [1.165, 1.54) is 6.07 Å². The summed E-state index contributed by atoms with van der Waals surface area (Å²) in [7, 11) is 1.66. The third-order valence-corrected chi connectivity index (χ3v) is 3.08. The summed E-state index contributed by atoms with van der Waals surface area (Å²) < 4.78 is 5.37. The molecule has 0 spiro atoms. The van der Waals surface area contributed by atoms with Crippen LogP contribution in [0.2, 0.25) is 0 Å². The van der Waals surface area contributed by atoms with Gasteiger partial charge in [-0.3, -0.25) is 10.1 Å². The predicted octanol–water partition coefficient (Wildman–Crippen LogP) is 2.38. The van der Waals surface area contributed by atoms with Crippen LogP contribution in [0.5, 0.6) is 0 Å². The lowest BCUT2D eigenvalue weighted by Crippen LogP contribution is -2.44. The number of benzene rings is 1. The lowest BCUT2D eigenvalue weighted by Gasteiger charge is -2.34. The van der Waals surface area contributed by atoms with Crippen molar-refractivity contribution in [3.63, 3.8) is 0 Å². The zero-order valence-corrected chi connectivity index (χ0v) is 10.3. The van der Waals surface area contributed by atoms with Gasteiger partial charge in [0.15, 0.2) is 0 Å². The number of nitrogens with zero attached hydrogens (tertiary/aromatic N) is 2. The number of nitro benzene ring substituents is 1. The number of hydrazine groups is 1. The fourth-order valence-electron chi connectivity index (χ4n) is 2.16. The molecule has 0 amide bonds. The molecule has 0 radical (unpaired) electrons. The Labute approximate surface area is 106 Å². The van der Waals surface area contributed by atoms with Crippen LogP contribution in [0.25, 0.3) is 0 Å². The molecule has 0 aromatic heterocycles. The number of hydrogen-bond donors (Lipinski definition) is 1. The third kappa shape index (κ3) is 2.77. The zero-order valence-electron chi connectivity index (χ0n) is 10.3. The molecule has 98 valence electrons. The van der Waals surface area contributed by atoms with Crippen molar-refractivity contribution in [3.8, 4) is 0 Å². The summed E-state index contributed by atoms with van der Waals surface area (Å²) in [6.07, 6.45) is 3.09. The van der Waals surface area contributed by atoms with E-state index in [0.717, 1.165) is 25.8 Å². The lowest BCUT2D eigenvalue weighted by molar-refractivity contribution is -0.384. The molecule has 0 aliphatic carbocycles. The number of anilines is 1. The van der Waals surface area contributed by atoms with Crippen LogP contribution in [0.15, 0.2) is 24.3 Å². The topological polar surface area (TPSA) is 67.6 Å². The summed E-state index contributed by atoms with van der Waals surface area (Å²) in [5.41, 5.74) is 3.69. The maximum absolute atomic E-state index is 10.9.